The second-order valence-corrected chi connectivity index (χ2v) is 58.2. The summed E-state index contributed by atoms with van der Waals surface area (Å²) in [6, 6.07) is 0. The van der Waals surface area contributed by atoms with Gasteiger partial charge in [0, 0.05) is 0 Å². The molecule has 20 unspecified atom stereocenters. The Kier molecular flexibility index (Phi) is 54.8. The predicted octanol–water partition coefficient (Wildman–Crippen LogP) is 27.9. The van der Waals surface area contributed by atoms with Crippen LogP contribution >= 0.6 is 35.0 Å². The van der Waals surface area contributed by atoms with Gasteiger partial charge in [0.25, 0.3) is 0 Å². The van der Waals surface area contributed by atoms with E-state index in [1.54, 1.807) is 0 Å². The molecule has 0 saturated heterocycles. The molecule has 0 bridgehead atoms. The molecule has 0 amide bonds. The first-order valence-corrected chi connectivity index (χ1v) is 51.8. The van der Waals surface area contributed by atoms with Crippen LogP contribution in [-0.2, 0) is 90.5 Å². The molecule has 20 atom stereocenters. The molecule has 0 aromatic rings. The zero-order valence-electron chi connectivity index (χ0n) is 73.0. The van der Waals surface area contributed by atoms with E-state index in [0.29, 0.717) is 84.0 Å². The maximum Gasteiger partial charge on any atom is 4.00 e. The molecule has 0 rings (SSSR count). The van der Waals surface area contributed by atoms with Gasteiger partial charge in [0.05, 0.1) is 24.4 Å². The van der Waals surface area contributed by atoms with Crippen LogP contribution in [0.1, 0.15) is 405 Å². The number of hydrogen-bond donors (Lipinski definition) is 0. The van der Waals surface area contributed by atoms with E-state index in [2.05, 4.69) is 277 Å². The zero-order valence-corrected chi connectivity index (χ0v) is 81.5. The summed E-state index contributed by atoms with van der Waals surface area (Å²) >= 11 is 25.0. The van der Waals surface area contributed by atoms with Gasteiger partial charge in [0.2, 0.25) is 0 Å². The molecule has 594 valence electrons. The fourth-order valence-corrected chi connectivity index (χ4v) is 65.8. The Labute approximate surface area is 650 Å². The normalized spacial score (nSPS) is 20.3. The van der Waals surface area contributed by atoms with Gasteiger partial charge < -0.3 is 69.5 Å². The minimum Gasteiger partial charge on any atom is -0.726 e. The van der Waals surface area contributed by atoms with Gasteiger partial charge in [-0.2, -0.15) is 0 Å². The van der Waals surface area contributed by atoms with Gasteiger partial charge in [0.1, 0.15) is 0 Å². The molecular formula is C84H180MoO4S8. The van der Waals surface area contributed by atoms with Crippen molar-refractivity contribution in [2.24, 2.45) is 0 Å². The molecule has 0 spiro atoms. The minimum absolute atomic E-state index is 0. The van der Waals surface area contributed by atoms with Gasteiger partial charge in [-0.15, -0.1) is 0 Å². The number of rotatable bonds is 40. The van der Waals surface area contributed by atoms with Crippen molar-refractivity contribution in [3.63, 3.8) is 0 Å². The van der Waals surface area contributed by atoms with Crippen LogP contribution in [0.15, 0.2) is 0 Å². The van der Waals surface area contributed by atoms with Gasteiger partial charge in [-0.1, -0.05) is 267 Å². The Balaban J connectivity index is -0.000000386. The average molecular weight is 1610 g/mol. The summed E-state index contributed by atoms with van der Waals surface area (Å²) in [7, 11) is -8.43. The molecule has 0 heterocycles. The number of ether oxygens (including phenoxy) is 4. The van der Waals surface area contributed by atoms with Crippen LogP contribution in [0.3, 0.4) is 0 Å². The Morgan fingerprint density at radius 2 is 0.247 bits per heavy atom. The first-order chi connectivity index (χ1) is 44.6. The molecule has 0 fully saturated rings. The average Bonchev–Trinajstić information content (AvgIpc) is 0.721. The molecule has 0 aliphatic rings. The fourth-order valence-electron chi connectivity index (χ4n) is 19.5. The Morgan fingerprint density at radius 3 is 0.299 bits per heavy atom. The van der Waals surface area contributed by atoms with Crippen LogP contribution in [0.5, 0.6) is 0 Å². The van der Waals surface area contributed by atoms with E-state index in [0.717, 1.165) is 43.2 Å². The van der Waals surface area contributed by atoms with E-state index in [1.165, 1.54) is 103 Å². The molecule has 13 heteroatoms. The molecule has 0 radical (unpaired) electrons. The predicted molar refractivity (Wildman–Crippen MR) is 479 cm³/mol. The SMILES string of the molecule is CCC(C)OC([S-])=S(C(C)CC)(C(C)CC)(C(C)CC)C(C)CC.CCC(C)OC([S-])=S(C(C)CC)(C(C)CC)(C(C)CC)C(C)CC.CCC(C)OC([S-])=S(C(C)CC)(C(C)CC)(C(C)CC)C(C)CC.CCC(C)OC([S-])=S(C(C)CC)(C(C)CC)(C(C)CC)C(C)CC.[Mo+4]. The maximum atomic E-state index is 6.54. The molecule has 0 aromatic carbocycles. The van der Waals surface area contributed by atoms with Gasteiger partial charge in [0.15, 0.2) is 0 Å². The van der Waals surface area contributed by atoms with Gasteiger partial charge in [-0.05, 0) is 240 Å². The Morgan fingerprint density at radius 1 is 0.175 bits per heavy atom. The van der Waals surface area contributed by atoms with Crippen molar-refractivity contribution in [3.8, 4) is 0 Å². The van der Waals surface area contributed by atoms with Crippen LogP contribution in [0.25, 0.3) is 0 Å². The monoisotopic (exact) mass is 1610 g/mol. The molecule has 0 aliphatic heterocycles. The summed E-state index contributed by atoms with van der Waals surface area (Å²) in [6.45, 7) is 94.6. The first-order valence-electron chi connectivity index (χ1n) is 41.0. The van der Waals surface area contributed by atoms with Gasteiger partial charge in [-0.3, -0.25) is 0 Å². The van der Waals surface area contributed by atoms with Crippen LogP contribution in [0.4, 0.5) is 0 Å². The second-order valence-electron chi connectivity index (χ2n) is 31.0. The summed E-state index contributed by atoms with van der Waals surface area (Å²) in [4.78, 5) is 0. The Bertz CT molecular complexity index is 1850. The summed E-state index contributed by atoms with van der Waals surface area (Å²) in [5.41, 5.74) is 0. The molecule has 0 N–H and O–H groups in total. The topological polar surface area (TPSA) is 36.9 Å². The van der Waals surface area contributed by atoms with Crippen molar-refractivity contribution in [1.82, 2.24) is 0 Å². The van der Waals surface area contributed by atoms with E-state index in [4.69, 9.17) is 69.5 Å². The smallest absolute Gasteiger partial charge is 0.726 e. The molecule has 0 saturated carbocycles. The van der Waals surface area contributed by atoms with Crippen molar-refractivity contribution in [1.29, 1.82) is 0 Å². The molecule has 97 heavy (non-hydrogen) atoms. The van der Waals surface area contributed by atoms with Crippen LogP contribution < -0.4 is 0 Å². The molecule has 0 aliphatic carbocycles. The maximum absolute atomic E-state index is 6.54. The quantitative estimate of drug-likeness (QED) is 0.0341. The van der Waals surface area contributed by atoms with E-state index in [-0.39, 0.29) is 45.5 Å². The third-order valence-corrected chi connectivity index (χ3v) is 71.1. The van der Waals surface area contributed by atoms with Crippen molar-refractivity contribution < 1.29 is 40.0 Å². The zero-order chi connectivity index (χ0) is 76.6. The van der Waals surface area contributed by atoms with Crippen molar-refractivity contribution in [3.05, 3.63) is 0 Å². The van der Waals surface area contributed by atoms with Crippen molar-refractivity contribution in [2.75, 3.05) is 0 Å². The van der Waals surface area contributed by atoms with Crippen molar-refractivity contribution >= 4 is 103 Å². The van der Waals surface area contributed by atoms with Gasteiger partial charge in [-0.25, -0.2) is 35.0 Å². The van der Waals surface area contributed by atoms with E-state index in [1.807, 2.05) is 0 Å². The Hall–Kier alpha value is 2.81. The van der Waals surface area contributed by atoms with Crippen LogP contribution in [-0.4, -0.2) is 126 Å². The summed E-state index contributed by atoms with van der Waals surface area (Å²) in [5, 5.41) is 9.75. The first kappa shape index (κ1) is 108. The second kappa shape index (κ2) is 49.1. The largest absolute Gasteiger partial charge is 4.00 e. The summed E-state index contributed by atoms with van der Waals surface area (Å²) in [5.74, 6) is 0. The van der Waals surface area contributed by atoms with Gasteiger partial charge >= 0.3 is 21.1 Å². The third kappa shape index (κ3) is 19.3. The summed E-state index contributed by atoms with van der Waals surface area (Å²) in [6.07, 6.45) is 23.9. The van der Waals surface area contributed by atoms with Crippen LogP contribution in [0.2, 0.25) is 0 Å². The van der Waals surface area contributed by atoms with Crippen molar-refractivity contribution in [2.45, 2.75) is 514 Å². The van der Waals surface area contributed by atoms with Crippen LogP contribution in [0, 0.1) is 0 Å². The molecule has 4 nitrogen and oxygen atoms in total. The van der Waals surface area contributed by atoms with E-state index in [9.17, 15) is 0 Å². The molecular weight excluding hydrogens is 1430 g/mol. The minimum atomic E-state index is -2.11. The third-order valence-electron chi connectivity index (χ3n) is 28.6. The number of hydrogen-bond acceptors (Lipinski definition) is 8. The fraction of sp³-hybridized carbons (Fsp3) is 0.952. The standard InChI is InChI=1S/4C21H46OS2.Mo/c4*1-11-16(6)22-21(23)24(17(7)12-2,18(8)13-3,19(9)14-4)20(10)15-5;/h4*16-20,23H,11-15H2,1-10H3;/q;;;;+4/p-4. The summed E-state index contributed by atoms with van der Waals surface area (Å²) < 4.78 is 30.2. The van der Waals surface area contributed by atoms with E-state index >= 15 is 0 Å². The van der Waals surface area contributed by atoms with E-state index < -0.39 is 35.0 Å². The molecule has 0 aromatic heterocycles.